The first-order valence-corrected chi connectivity index (χ1v) is 8.96. The third-order valence-electron chi connectivity index (χ3n) is 5.22. The molecule has 0 bridgehead atoms. The van der Waals surface area contributed by atoms with E-state index in [0.29, 0.717) is 12.0 Å². The van der Waals surface area contributed by atoms with Crippen LogP contribution in [-0.4, -0.2) is 24.8 Å². The van der Waals surface area contributed by atoms with Crippen LogP contribution in [0.15, 0.2) is 60.1 Å². The van der Waals surface area contributed by atoms with Gasteiger partial charge in [-0.15, -0.1) is 0 Å². The molecule has 2 aromatic rings. The van der Waals surface area contributed by atoms with Crippen LogP contribution >= 0.6 is 0 Å². The highest BCUT2D eigenvalue weighted by Crippen LogP contribution is 2.49. The summed E-state index contributed by atoms with van der Waals surface area (Å²) in [5.74, 6) is 1.72. The fourth-order valence-corrected chi connectivity index (χ4v) is 3.75. The van der Waals surface area contributed by atoms with Gasteiger partial charge in [-0.05, 0) is 49.4 Å². The van der Waals surface area contributed by atoms with Crippen LogP contribution in [0.3, 0.4) is 0 Å². The Balaban J connectivity index is 1.78. The number of hydrogen-bond donors (Lipinski definition) is 0. The summed E-state index contributed by atoms with van der Waals surface area (Å²) in [4.78, 5) is 9.38. The Bertz CT molecular complexity index is 832. The molecule has 4 rings (SSSR count). The molecular weight excluding hydrogens is 306 g/mol. The van der Waals surface area contributed by atoms with Gasteiger partial charge in [0.2, 0.25) is 0 Å². The summed E-state index contributed by atoms with van der Waals surface area (Å²) < 4.78 is 0. The summed E-state index contributed by atoms with van der Waals surface area (Å²) in [6.07, 6.45) is 2.56. The molecule has 0 N–H and O–H groups in total. The summed E-state index contributed by atoms with van der Waals surface area (Å²) in [7, 11) is 4.13. The van der Waals surface area contributed by atoms with Crippen molar-refractivity contribution in [3.8, 4) is 0 Å². The largest absolute Gasteiger partial charge is 0.378 e. The van der Waals surface area contributed by atoms with Gasteiger partial charge >= 0.3 is 0 Å². The Labute approximate surface area is 150 Å². The number of hydrogen-bond acceptors (Lipinski definition) is 3. The van der Waals surface area contributed by atoms with Crippen molar-refractivity contribution in [2.45, 2.75) is 25.8 Å². The molecule has 0 saturated heterocycles. The smallest absolute Gasteiger partial charge is 0.107 e. The van der Waals surface area contributed by atoms with E-state index in [1.54, 1.807) is 0 Å². The number of benzene rings is 2. The molecule has 1 aliphatic heterocycles. The summed E-state index contributed by atoms with van der Waals surface area (Å²) >= 11 is 0. The van der Waals surface area contributed by atoms with Crippen molar-refractivity contribution >= 4 is 22.9 Å². The first kappa shape index (κ1) is 15.9. The van der Waals surface area contributed by atoms with Crippen LogP contribution in [0.1, 0.15) is 36.9 Å². The van der Waals surface area contributed by atoms with Crippen LogP contribution in [0.2, 0.25) is 0 Å². The number of anilines is 1. The summed E-state index contributed by atoms with van der Waals surface area (Å²) in [6.45, 7) is 6.57. The lowest BCUT2D eigenvalue weighted by molar-refractivity contribution is 0.382. The Morgan fingerprint density at radius 3 is 2.48 bits per heavy atom. The van der Waals surface area contributed by atoms with Gasteiger partial charge in [0.1, 0.15) is 5.84 Å². The topological polar surface area (TPSA) is 18.8 Å². The van der Waals surface area contributed by atoms with Crippen molar-refractivity contribution in [1.82, 2.24) is 4.90 Å². The molecule has 0 radical (unpaired) electrons. The second kappa shape index (κ2) is 6.07. The number of nitrogens with zero attached hydrogens (tertiary/aromatic N) is 3. The molecule has 25 heavy (non-hydrogen) atoms. The molecule has 1 atom stereocenters. The van der Waals surface area contributed by atoms with E-state index in [1.165, 1.54) is 24.1 Å². The zero-order valence-electron chi connectivity index (χ0n) is 15.2. The van der Waals surface area contributed by atoms with Crippen LogP contribution in [0.4, 0.5) is 11.4 Å². The molecule has 1 fully saturated rings. The third-order valence-corrected chi connectivity index (χ3v) is 5.22. The molecule has 0 aromatic heterocycles. The fourth-order valence-electron chi connectivity index (χ4n) is 3.75. The first-order valence-electron chi connectivity index (χ1n) is 8.96. The van der Waals surface area contributed by atoms with Gasteiger partial charge in [-0.25, -0.2) is 4.99 Å². The van der Waals surface area contributed by atoms with E-state index in [2.05, 4.69) is 85.9 Å². The highest BCUT2D eigenvalue weighted by atomic mass is 15.2. The van der Waals surface area contributed by atoms with Crippen LogP contribution in [0, 0.1) is 5.92 Å². The Morgan fingerprint density at radius 2 is 1.84 bits per heavy atom. The third kappa shape index (κ3) is 2.84. The molecule has 1 unspecified atom stereocenters. The molecule has 1 aliphatic carbocycles. The van der Waals surface area contributed by atoms with Gasteiger partial charge in [0.15, 0.2) is 0 Å². The van der Waals surface area contributed by atoms with Gasteiger partial charge in [-0.3, -0.25) is 0 Å². The fraction of sp³-hybridized carbons (Fsp3) is 0.318. The number of rotatable bonds is 4. The van der Waals surface area contributed by atoms with Crippen LogP contribution in [0.25, 0.3) is 5.70 Å². The SMILES string of the molecule is C=C1c2cc(N(C)C)ccc2N=C(C)N1C(c1ccccc1)C1CC1. The average Bonchev–Trinajstić information content (AvgIpc) is 3.43. The lowest BCUT2D eigenvalue weighted by atomic mass is 9.96. The number of aliphatic imine (C=N–C) groups is 1. The number of fused-ring (bicyclic) bond motifs is 1. The van der Waals surface area contributed by atoms with E-state index in [0.717, 1.165) is 22.8 Å². The van der Waals surface area contributed by atoms with E-state index in [4.69, 9.17) is 4.99 Å². The van der Waals surface area contributed by atoms with Crippen molar-refractivity contribution in [3.63, 3.8) is 0 Å². The van der Waals surface area contributed by atoms with Crippen LogP contribution in [0.5, 0.6) is 0 Å². The van der Waals surface area contributed by atoms with Gasteiger partial charge < -0.3 is 9.80 Å². The Hall–Kier alpha value is -2.55. The lowest BCUT2D eigenvalue weighted by Crippen LogP contribution is -2.34. The predicted molar refractivity (Wildman–Crippen MR) is 106 cm³/mol. The molecule has 2 aliphatic rings. The van der Waals surface area contributed by atoms with Gasteiger partial charge in [0, 0.05) is 31.0 Å². The van der Waals surface area contributed by atoms with Crippen molar-refractivity contribution in [2.75, 3.05) is 19.0 Å². The average molecular weight is 331 g/mol. The highest BCUT2D eigenvalue weighted by Gasteiger charge is 2.39. The summed E-state index contributed by atoms with van der Waals surface area (Å²) in [6, 6.07) is 17.6. The molecule has 3 heteroatoms. The van der Waals surface area contributed by atoms with Gasteiger partial charge in [-0.1, -0.05) is 36.9 Å². The van der Waals surface area contributed by atoms with Gasteiger partial charge in [0.25, 0.3) is 0 Å². The zero-order chi connectivity index (χ0) is 17.6. The summed E-state index contributed by atoms with van der Waals surface area (Å²) in [5.41, 5.74) is 5.75. The quantitative estimate of drug-likeness (QED) is 0.763. The molecular formula is C22H25N3. The predicted octanol–water partition coefficient (Wildman–Crippen LogP) is 5.24. The molecule has 3 nitrogen and oxygen atoms in total. The van der Waals surface area contributed by atoms with E-state index in [9.17, 15) is 0 Å². The maximum absolute atomic E-state index is 4.90. The maximum Gasteiger partial charge on any atom is 0.107 e. The molecule has 0 amide bonds. The van der Waals surface area contributed by atoms with Crippen molar-refractivity contribution in [2.24, 2.45) is 10.9 Å². The second-order valence-electron chi connectivity index (χ2n) is 7.26. The van der Waals surface area contributed by atoms with E-state index in [1.807, 2.05) is 0 Å². The van der Waals surface area contributed by atoms with Gasteiger partial charge in [-0.2, -0.15) is 0 Å². The maximum atomic E-state index is 4.90. The number of amidine groups is 1. The highest BCUT2D eigenvalue weighted by molar-refractivity contribution is 5.97. The molecule has 1 heterocycles. The van der Waals surface area contributed by atoms with Crippen molar-refractivity contribution < 1.29 is 0 Å². The minimum Gasteiger partial charge on any atom is -0.378 e. The van der Waals surface area contributed by atoms with Crippen LogP contribution < -0.4 is 4.90 Å². The lowest BCUT2D eigenvalue weighted by Gasteiger charge is -2.38. The molecule has 128 valence electrons. The normalized spacial score (nSPS) is 17.8. The monoisotopic (exact) mass is 331 g/mol. The molecule has 2 aromatic carbocycles. The van der Waals surface area contributed by atoms with Gasteiger partial charge in [0.05, 0.1) is 11.7 Å². The first-order chi connectivity index (χ1) is 12.1. The molecule has 0 spiro atoms. The van der Waals surface area contributed by atoms with Crippen molar-refractivity contribution in [1.29, 1.82) is 0 Å². The minimum atomic E-state index is 0.327. The Morgan fingerprint density at radius 1 is 1.12 bits per heavy atom. The minimum absolute atomic E-state index is 0.327. The second-order valence-corrected chi connectivity index (χ2v) is 7.26. The summed E-state index contributed by atoms with van der Waals surface area (Å²) in [5, 5.41) is 0. The standard InChI is InChI=1S/C22H25N3/c1-15-20-14-19(24(3)4)12-13-21(20)23-16(2)25(15)22(18-10-11-18)17-8-6-5-7-9-17/h5-9,12-14,18,22H,1,10-11H2,2-4H3. The van der Waals surface area contributed by atoms with Crippen molar-refractivity contribution in [3.05, 3.63) is 66.2 Å². The van der Waals surface area contributed by atoms with Crippen LogP contribution in [-0.2, 0) is 0 Å². The van der Waals surface area contributed by atoms with E-state index >= 15 is 0 Å². The van der Waals surface area contributed by atoms with E-state index in [-0.39, 0.29) is 0 Å². The molecule has 1 saturated carbocycles. The Kier molecular flexibility index (Phi) is 3.87. The zero-order valence-corrected chi connectivity index (χ0v) is 15.2. The van der Waals surface area contributed by atoms with E-state index < -0.39 is 0 Å².